The van der Waals surface area contributed by atoms with Crippen LogP contribution >= 0.6 is 23.1 Å². The third-order valence-electron chi connectivity index (χ3n) is 3.31. The van der Waals surface area contributed by atoms with Crippen LogP contribution in [0.5, 0.6) is 0 Å². The topological polar surface area (TPSA) is 112 Å². The van der Waals surface area contributed by atoms with Crippen LogP contribution in [0.25, 0.3) is 5.84 Å². The van der Waals surface area contributed by atoms with Crippen molar-refractivity contribution in [2.24, 2.45) is 0 Å². The molecule has 9 nitrogen and oxygen atoms in total. The molecule has 0 saturated carbocycles. The number of fused-ring (bicyclic) bond motifs is 1. The van der Waals surface area contributed by atoms with Crippen LogP contribution < -0.4 is 5.32 Å². The lowest BCUT2D eigenvalue weighted by Crippen LogP contribution is -2.16. The molecule has 0 unspecified atom stereocenters. The quantitative estimate of drug-likeness (QED) is 0.511. The number of rotatable bonds is 6. The summed E-state index contributed by atoms with van der Waals surface area (Å²) in [7, 11) is 0. The molecule has 0 aromatic carbocycles. The van der Waals surface area contributed by atoms with E-state index >= 15 is 0 Å². The molecule has 11 heteroatoms. The predicted octanol–water partition coefficient (Wildman–Crippen LogP) is 2.30. The number of hydrogen-bond donors (Lipinski definition) is 1. The van der Waals surface area contributed by atoms with Gasteiger partial charge < -0.3 is 14.5 Å². The van der Waals surface area contributed by atoms with Crippen molar-refractivity contribution in [2.75, 3.05) is 17.7 Å². The van der Waals surface area contributed by atoms with Crippen molar-refractivity contribution in [1.29, 1.82) is 0 Å². The molecule has 3 aromatic heterocycles. The number of hydrogen-bond acceptors (Lipinski definition) is 9. The fraction of sp³-hybridized carbons (Fsp3) is 0.357. The Labute approximate surface area is 150 Å². The number of esters is 1. The fourth-order valence-corrected chi connectivity index (χ4v) is 3.72. The molecule has 25 heavy (non-hydrogen) atoms. The highest BCUT2D eigenvalue weighted by Gasteiger charge is 2.22. The summed E-state index contributed by atoms with van der Waals surface area (Å²) in [5.74, 6) is -0.369. The van der Waals surface area contributed by atoms with Gasteiger partial charge in [-0.25, -0.2) is 4.79 Å². The Morgan fingerprint density at radius 1 is 1.44 bits per heavy atom. The molecular weight excluding hydrogens is 366 g/mol. The minimum Gasteiger partial charge on any atom is -0.462 e. The van der Waals surface area contributed by atoms with Gasteiger partial charge in [0, 0.05) is 4.88 Å². The van der Waals surface area contributed by atoms with Crippen LogP contribution in [0.15, 0.2) is 16.0 Å². The molecule has 0 aliphatic heterocycles. The van der Waals surface area contributed by atoms with Gasteiger partial charge in [0.2, 0.25) is 5.91 Å². The number of carbonyl (C=O) groups is 2. The van der Waals surface area contributed by atoms with Crippen molar-refractivity contribution in [2.45, 2.75) is 26.0 Å². The number of nitrogens with one attached hydrogen (secondary N) is 1. The number of aromatic nitrogens is 4. The summed E-state index contributed by atoms with van der Waals surface area (Å²) in [5.41, 5.74) is 1.22. The van der Waals surface area contributed by atoms with Crippen LogP contribution in [0.2, 0.25) is 0 Å². The van der Waals surface area contributed by atoms with Gasteiger partial charge in [-0.05, 0) is 26.3 Å². The lowest BCUT2D eigenvalue weighted by atomic mass is 10.1. The highest BCUT2D eigenvalue weighted by Crippen LogP contribution is 2.33. The van der Waals surface area contributed by atoms with Gasteiger partial charge in [-0.3, -0.25) is 4.79 Å². The van der Waals surface area contributed by atoms with Gasteiger partial charge in [-0.1, -0.05) is 16.9 Å². The molecule has 0 bridgehead atoms. The zero-order chi connectivity index (χ0) is 18.0. The summed E-state index contributed by atoms with van der Waals surface area (Å²) in [6.07, 6.45) is 1.41. The third-order valence-corrected chi connectivity index (χ3v) is 5.25. The van der Waals surface area contributed by atoms with E-state index in [0.717, 1.165) is 22.2 Å². The predicted molar refractivity (Wildman–Crippen MR) is 92.2 cm³/mol. The van der Waals surface area contributed by atoms with E-state index in [1.54, 1.807) is 6.92 Å². The van der Waals surface area contributed by atoms with Crippen molar-refractivity contribution < 1.29 is 18.7 Å². The lowest BCUT2D eigenvalue weighted by molar-refractivity contribution is -0.113. The number of thiophene rings is 1. The van der Waals surface area contributed by atoms with Crippen LogP contribution in [-0.4, -0.2) is 44.0 Å². The number of aryl methyl sites for hydroxylation is 1. The van der Waals surface area contributed by atoms with Crippen LogP contribution in [0.1, 0.15) is 27.7 Å². The van der Waals surface area contributed by atoms with E-state index in [1.807, 2.05) is 13.8 Å². The van der Waals surface area contributed by atoms with Crippen molar-refractivity contribution in [3.8, 4) is 0 Å². The van der Waals surface area contributed by atoms with E-state index in [1.165, 1.54) is 22.2 Å². The second-order valence-corrected chi connectivity index (χ2v) is 7.12. The molecule has 3 aromatic rings. The SMILES string of the molecule is CCOC(=O)c1c(NC(=O)CSc2nn3cnnc3o2)sc(C)c1C. The van der Waals surface area contributed by atoms with Crippen molar-refractivity contribution >= 4 is 45.8 Å². The van der Waals surface area contributed by atoms with Gasteiger partial charge in [0.15, 0.2) is 0 Å². The Morgan fingerprint density at radius 3 is 2.96 bits per heavy atom. The molecule has 1 amide bonds. The molecule has 3 rings (SSSR count). The Hall–Kier alpha value is -2.40. The normalized spacial score (nSPS) is 11.0. The molecule has 1 N–H and O–H groups in total. The van der Waals surface area contributed by atoms with Gasteiger partial charge in [-0.2, -0.15) is 4.52 Å². The monoisotopic (exact) mass is 381 g/mol. The summed E-state index contributed by atoms with van der Waals surface area (Å²) in [6, 6.07) is 0. The fourth-order valence-electron chi connectivity index (χ4n) is 2.05. The molecular formula is C14H15N5O4S2. The molecule has 0 fully saturated rings. The number of nitrogens with zero attached hydrogens (tertiary/aromatic N) is 4. The maximum absolute atomic E-state index is 12.2. The maximum atomic E-state index is 12.2. The number of anilines is 1. The second-order valence-electron chi connectivity index (χ2n) is 4.97. The van der Waals surface area contributed by atoms with Crippen molar-refractivity contribution in [3.63, 3.8) is 0 Å². The van der Waals surface area contributed by atoms with E-state index in [9.17, 15) is 9.59 Å². The lowest BCUT2D eigenvalue weighted by Gasteiger charge is -2.06. The summed E-state index contributed by atoms with van der Waals surface area (Å²) < 4.78 is 11.8. The second kappa shape index (κ2) is 7.23. The highest BCUT2D eigenvalue weighted by atomic mass is 32.2. The van der Waals surface area contributed by atoms with Crippen LogP contribution in [0.3, 0.4) is 0 Å². The average Bonchev–Trinajstić information content (AvgIpc) is 3.20. The third kappa shape index (κ3) is 3.66. The van der Waals surface area contributed by atoms with Crippen LogP contribution in [0, 0.1) is 13.8 Å². The van der Waals surface area contributed by atoms with E-state index in [-0.39, 0.29) is 24.1 Å². The zero-order valence-electron chi connectivity index (χ0n) is 13.7. The first kappa shape index (κ1) is 17.4. The Balaban J connectivity index is 1.67. The van der Waals surface area contributed by atoms with E-state index in [4.69, 9.17) is 9.15 Å². The van der Waals surface area contributed by atoms with Crippen LogP contribution in [0.4, 0.5) is 5.00 Å². The largest absolute Gasteiger partial charge is 0.462 e. The Kier molecular flexibility index (Phi) is 5.04. The van der Waals surface area contributed by atoms with Crippen molar-refractivity contribution in [1.82, 2.24) is 19.8 Å². The van der Waals surface area contributed by atoms with Gasteiger partial charge >= 0.3 is 11.8 Å². The number of carbonyl (C=O) groups excluding carboxylic acids is 2. The Morgan fingerprint density at radius 2 is 2.24 bits per heavy atom. The summed E-state index contributed by atoms with van der Waals surface area (Å²) >= 11 is 2.47. The first-order valence-corrected chi connectivity index (χ1v) is 9.16. The molecule has 0 radical (unpaired) electrons. The molecule has 0 saturated heterocycles. The van der Waals surface area contributed by atoms with Gasteiger partial charge in [0.05, 0.1) is 17.9 Å². The minimum atomic E-state index is -0.436. The average molecular weight is 381 g/mol. The number of ether oxygens (including phenoxy) is 1. The molecule has 132 valence electrons. The van der Waals surface area contributed by atoms with Crippen LogP contribution in [-0.2, 0) is 9.53 Å². The highest BCUT2D eigenvalue weighted by molar-refractivity contribution is 7.99. The standard InChI is InChI=1S/C14H15N5O4S2/c1-4-22-12(21)10-7(2)8(3)25-11(10)16-9(20)5-24-14-18-19-6-15-17-13(19)23-14/h6H,4-5H2,1-3H3,(H,16,20). The minimum absolute atomic E-state index is 0.0787. The smallest absolute Gasteiger partial charge is 0.345 e. The summed E-state index contributed by atoms with van der Waals surface area (Å²) in [6.45, 7) is 5.74. The van der Waals surface area contributed by atoms with E-state index < -0.39 is 5.97 Å². The van der Waals surface area contributed by atoms with Crippen molar-refractivity contribution in [3.05, 3.63) is 22.3 Å². The Bertz CT molecular complexity index is 901. The first-order chi connectivity index (χ1) is 12.0. The molecule has 0 aliphatic carbocycles. The number of thioether (sulfide) groups is 1. The maximum Gasteiger partial charge on any atom is 0.345 e. The zero-order valence-corrected chi connectivity index (χ0v) is 15.4. The van der Waals surface area contributed by atoms with Gasteiger partial charge in [0.25, 0.3) is 5.22 Å². The summed E-state index contributed by atoms with van der Waals surface area (Å²) in [5, 5.41) is 15.0. The molecule has 3 heterocycles. The molecule has 0 aliphatic rings. The van der Waals surface area contributed by atoms with E-state index in [2.05, 4.69) is 20.6 Å². The number of amides is 1. The molecule has 0 spiro atoms. The van der Waals surface area contributed by atoms with Gasteiger partial charge in [0.1, 0.15) is 11.3 Å². The first-order valence-electron chi connectivity index (χ1n) is 7.36. The summed E-state index contributed by atoms with van der Waals surface area (Å²) in [4.78, 5) is 25.3. The van der Waals surface area contributed by atoms with Gasteiger partial charge in [-0.15, -0.1) is 21.5 Å². The van der Waals surface area contributed by atoms with E-state index in [0.29, 0.717) is 15.8 Å². The molecule has 0 atom stereocenters.